The van der Waals surface area contributed by atoms with Gasteiger partial charge in [-0.1, -0.05) is 6.92 Å². The van der Waals surface area contributed by atoms with Crippen molar-refractivity contribution in [3.63, 3.8) is 0 Å². The van der Waals surface area contributed by atoms with E-state index in [1.165, 1.54) is 0 Å². The zero-order valence-corrected chi connectivity index (χ0v) is 13.3. The number of hydrogen-bond acceptors (Lipinski definition) is 4. The highest BCUT2D eigenvalue weighted by molar-refractivity contribution is 7.81. The molecule has 2 fully saturated rings. The van der Waals surface area contributed by atoms with Crippen LogP contribution < -0.4 is 0 Å². The molecule has 5 heteroatoms. The molecule has 2 rings (SSSR count). The predicted molar refractivity (Wildman–Crippen MR) is 81.7 cm³/mol. The molecule has 2 saturated heterocycles. The Balaban J connectivity index is 1.89. The summed E-state index contributed by atoms with van der Waals surface area (Å²) in [7, 11) is 0. The molecule has 1 amide bonds. The van der Waals surface area contributed by atoms with Gasteiger partial charge in [0.05, 0.1) is 0 Å². The summed E-state index contributed by atoms with van der Waals surface area (Å²) in [6, 6.07) is 0. The van der Waals surface area contributed by atoms with Crippen LogP contribution in [0.1, 0.15) is 27.2 Å². The zero-order valence-electron chi connectivity index (χ0n) is 12.4. The van der Waals surface area contributed by atoms with Crippen LogP contribution in [-0.4, -0.2) is 77.2 Å². The molecule has 0 aromatic heterocycles. The summed E-state index contributed by atoms with van der Waals surface area (Å²) in [4.78, 5) is 18.9. The van der Waals surface area contributed by atoms with E-state index in [9.17, 15) is 4.79 Å². The Bertz CT molecular complexity index is 327. The number of carbonyl (C=O) groups is 1. The molecule has 0 aliphatic carbocycles. The summed E-state index contributed by atoms with van der Waals surface area (Å²) < 4.78 is 0. The van der Waals surface area contributed by atoms with Crippen molar-refractivity contribution >= 4 is 18.5 Å². The molecule has 110 valence electrons. The lowest BCUT2D eigenvalue weighted by Crippen LogP contribution is -2.58. The minimum atomic E-state index is 0.0628. The first-order valence-electron chi connectivity index (χ1n) is 7.35. The third kappa shape index (κ3) is 3.64. The number of rotatable bonds is 4. The molecule has 0 spiro atoms. The first kappa shape index (κ1) is 15.1. The van der Waals surface area contributed by atoms with Crippen LogP contribution in [0.2, 0.25) is 0 Å². The number of piperazine rings is 1. The van der Waals surface area contributed by atoms with Gasteiger partial charge in [0.15, 0.2) is 0 Å². The third-order valence-corrected chi connectivity index (χ3v) is 4.79. The van der Waals surface area contributed by atoms with E-state index in [1.54, 1.807) is 0 Å². The number of nitrogens with zero attached hydrogens (tertiary/aromatic N) is 3. The van der Waals surface area contributed by atoms with Crippen molar-refractivity contribution in [1.29, 1.82) is 0 Å². The number of likely N-dealkylation sites (tertiary alicyclic amines) is 1. The van der Waals surface area contributed by atoms with Crippen molar-refractivity contribution in [2.24, 2.45) is 0 Å². The van der Waals surface area contributed by atoms with Gasteiger partial charge in [0.25, 0.3) is 0 Å². The molecular formula is C14H27N3OS. The van der Waals surface area contributed by atoms with Crippen molar-refractivity contribution in [2.45, 2.75) is 38.0 Å². The molecule has 0 aromatic carbocycles. The molecule has 0 aromatic rings. The Morgan fingerprint density at radius 1 is 1.26 bits per heavy atom. The normalized spacial score (nSPS) is 27.3. The second-order valence-electron chi connectivity index (χ2n) is 6.37. The van der Waals surface area contributed by atoms with E-state index in [-0.39, 0.29) is 16.7 Å². The van der Waals surface area contributed by atoms with Crippen LogP contribution in [0.4, 0.5) is 0 Å². The maximum absolute atomic E-state index is 11.9. The number of amides is 1. The van der Waals surface area contributed by atoms with Gasteiger partial charge in [-0.3, -0.25) is 9.69 Å². The first-order valence-corrected chi connectivity index (χ1v) is 7.87. The Kier molecular flexibility index (Phi) is 4.79. The largest absolute Gasteiger partial charge is 0.340 e. The monoisotopic (exact) mass is 285 g/mol. The van der Waals surface area contributed by atoms with E-state index in [4.69, 9.17) is 0 Å². The van der Waals surface area contributed by atoms with Gasteiger partial charge in [-0.2, -0.15) is 12.6 Å². The summed E-state index contributed by atoms with van der Waals surface area (Å²) in [5.74, 6) is 0.264. The Morgan fingerprint density at radius 2 is 1.89 bits per heavy atom. The summed E-state index contributed by atoms with van der Waals surface area (Å²) >= 11 is 4.43. The lowest BCUT2D eigenvalue weighted by molar-refractivity contribution is -0.129. The van der Waals surface area contributed by atoms with Gasteiger partial charge in [0.2, 0.25) is 5.91 Å². The second-order valence-corrected chi connectivity index (χ2v) is 7.10. The van der Waals surface area contributed by atoms with Gasteiger partial charge in [0, 0.05) is 56.5 Å². The van der Waals surface area contributed by atoms with Crippen molar-refractivity contribution in [3.05, 3.63) is 0 Å². The average molecular weight is 285 g/mol. The zero-order chi connectivity index (χ0) is 14.0. The smallest absolute Gasteiger partial charge is 0.223 e. The lowest BCUT2D eigenvalue weighted by atomic mass is 10.0. The molecular weight excluding hydrogens is 258 g/mol. The molecule has 0 saturated carbocycles. The van der Waals surface area contributed by atoms with Crippen molar-refractivity contribution in [1.82, 2.24) is 14.7 Å². The summed E-state index contributed by atoms with van der Waals surface area (Å²) in [5, 5.41) is 0.222. The fourth-order valence-corrected chi connectivity index (χ4v) is 3.49. The topological polar surface area (TPSA) is 26.8 Å². The molecule has 2 aliphatic heterocycles. The highest BCUT2D eigenvalue weighted by Crippen LogP contribution is 2.23. The van der Waals surface area contributed by atoms with Gasteiger partial charge in [-0.15, -0.1) is 0 Å². The highest BCUT2D eigenvalue weighted by Gasteiger charge is 2.36. The van der Waals surface area contributed by atoms with Crippen molar-refractivity contribution < 1.29 is 4.79 Å². The van der Waals surface area contributed by atoms with Crippen LogP contribution in [0.5, 0.6) is 0 Å². The van der Waals surface area contributed by atoms with E-state index in [1.807, 2.05) is 4.90 Å². The lowest BCUT2D eigenvalue weighted by Gasteiger charge is -2.45. The maximum atomic E-state index is 11.9. The molecule has 2 aliphatic rings. The molecule has 0 bridgehead atoms. The molecule has 1 atom stereocenters. The van der Waals surface area contributed by atoms with Crippen LogP contribution in [0.15, 0.2) is 0 Å². The fourth-order valence-electron chi connectivity index (χ4n) is 3.14. The second kappa shape index (κ2) is 6.02. The van der Waals surface area contributed by atoms with Gasteiger partial charge < -0.3 is 9.80 Å². The Hall–Kier alpha value is -0.260. The van der Waals surface area contributed by atoms with Crippen molar-refractivity contribution in [2.75, 3.05) is 45.8 Å². The van der Waals surface area contributed by atoms with E-state index >= 15 is 0 Å². The van der Waals surface area contributed by atoms with Gasteiger partial charge in [-0.25, -0.2) is 0 Å². The number of thiol groups is 1. The van der Waals surface area contributed by atoms with Crippen LogP contribution in [0.3, 0.4) is 0 Å². The molecule has 4 nitrogen and oxygen atoms in total. The van der Waals surface area contributed by atoms with Gasteiger partial charge >= 0.3 is 0 Å². The molecule has 0 radical (unpaired) electrons. The SMILES string of the molecule is CCN1CCN(C(C)(C)CN2CC(S)CC2=O)CC1. The molecule has 2 heterocycles. The summed E-state index contributed by atoms with van der Waals surface area (Å²) in [6.07, 6.45) is 0.600. The van der Waals surface area contributed by atoms with E-state index < -0.39 is 0 Å². The molecule has 19 heavy (non-hydrogen) atoms. The van der Waals surface area contributed by atoms with Crippen LogP contribution >= 0.6 is 12.6 Å². The fraction of sp³-hybridized carbons (Fsp3) is 0.929. The van der Waals surface area contributed by atoms with E-state index in [2.05, 4.69) is 43.2 Å². The standard InChI is InChI=1S/C14H27N3OS/c1-4-15-5-7-17(8-6-15)14(2,3)11-16-10-12(19)9-13(16)18/h12,19H,4-11H2,1-3H3. The number of likely N-dealkylation sites (N-methyl/N-ethyl adjacent to an activating group) is 1. The maximum Gasteiger partial charge on any atom is 0.223 e. The quantitative estimate of drug-likeness (QED) is 0.779. The van der Waals surface area contributed by atoms with Crippen LogP contribution in [0, 0.1) is 0 Å². The van der Waals surface area contributed by atoms with Crippen molar-refractivity contribution in [3.8, 4) is 0 Å². The average Bonchev–Trinajstić information content (AvgIpc) is 2.67. The Morgan fingerprint density at radius 3 is 2.37 bits per heavy atom. The molecule has 1 unspecified atom stereocenters. The van der Waals surface area contributed by atoms with Gasteiger partial charge in [-0.05, 0) is 20.4 Å². The van der Waals surface area contributed by atoms with Crippen LogP contribution in [0.25, 0.3) is 0 Å². The van der Waals surface area contributed by atoms with E-state index in [0.29, 0.717) is 6.42 Å². The third-order valence-electron chi connectivity index (χ3n) is 4.45. The Labute approximate surface area is 122 Å². The predicted octanol–water partition coefficient (Wildman–Crippen LogP) is 0.933. The first-order chi connectivity index (χ1) is 8.92. The van der Waals surface area contributed by atoms with E-state index in [0.717, 1.165) is 45.8 Å². The minimum Gasteiger partial charge on any atom is -0.340 e. The summed E-state index contributed by atoms with van der Waals surface area (Å²) in [6.45, 7) is 14.0. The van der Waals surface area contributed by atoms with Crippen LogP contribution in [-0.2, 0) is 4.79 Å². The summed E-state index contributed by atoms with van der Waals surface area (Å²) in [5.41, 5.74) is 0.0628. The van der Waals surface area contributed by atoms with Gasteiger partial charge in [0.1, 0.15) is 0 Å². The highest BCUT2D eigenvalue weighted by atomic mass is 32.1. The minimum absolute atomic E-state index is 0.0628. The number of carbonyl (C=O) groups excluding carboxylic acids is 1. The molecule has 0 N–H and O–H groups in total. The number of hydrogen-bond donors (Lipinski definition) is 1.